The number of hydrogen-bond donors (Lipinski definition) is 2. The summed E-state index contributed by atoms with van der Waals surface area (Å²) < 4.78 is 30.4. The number of aryl methyl sites for hydroxylation is 3. The summed E-state index contributed by atoms with van der Waals surface area (Å²) in [5, 5.41) is 6.75. The van der Waals surface area contributed by atoms with Gasteiger partial charge in [0.05, 0.1) is 17.7 Å². The molecule has 0 aliphatic carbocycles. The highest BCUT2D eigenvalue weighted by atomic mass is 32.2. The fourth-order valence-corrected chi connectivity index (χ4v) is 6.01. The molecule has 0 radical (unpaired) electrons. The monoisotopic (exact) mass is 585 g/mol. The summed E-state index contributed by atoms with van der Waals surface area (Å²) >= 11 is 0. The van der Waals surface area contributed by atoms with Crippen LogP contribution in [0.25, 0.3) is 5.69 Å². The third kappa shape index (κ3) is 7.20. The van der Waals surface area contributed by atoms with Gasteiger partial charge in [-0.25, -0.2) is 13.8 Å². The summed E-state index contributed by atoms with van der Waals surface area (Å²) in [6, 6.07) is 23.1. The van der Waals surface area contributed by atoms with E-state index in [1.807, 2.05) is 26.0 Å². The topological polar surface area (TPSA) is 113 Å². The van der Waals surface area contributed by atoms with Crippen molar-refractivity contribution >= 4 is 33.7 Å². The zero-order valence-corrected chi connectivity index (χ0v) is 25.2. The number of nitrogens with zero attached hydrogens (tertiary/aromatic N) is 3. The Bertz CT molecular complexity index is 1730. The van der Waals surface area contributed by atoms with Gasteiger partial charge in [-0.05, 0) is 86.8 Å². The van der Waals surface area contributed by atoms with Gasteiger partial charge in [-0.1, -0.05) is 36.4 Å². The highest BCUT2D eigenvalue weighted by molar-refractivity contribution is 7.89. The molecule has 9 nitrogen and oxygen atoms in total. The van der Waals surface area contributed by atoms with Gasteiger partial charge in [0.2, 0.25) is 15.9 Å². The first-order valence-electron chi connectivity index (χ1n) is 13.5. The first kappa shape index (κ1) is 30.4. The molecule has 2 N–H and O–H groups in total. The van der Waals surface area contributed by atoms with Crippen LogP contribution in [0.5, 0.6) is 0 Å². The Labute approximate surface area is 246 Å². The van der Waals surface area contributed by atoms with Crippen LogP contribution in [0.1, 0.15) is 40.6 Å². The smallest absolute Gasteiger partial charge is 0.255 e. The molecule has 0 aliphatic rings. The second-order valence-corrected chi connectivity index (χ2v) is 12.1. The van der Waals surface area contributed by atoms with Gasteiger partial charge in [0.25, 0.3) is 5.91 Å². The van der Waals surface area contributed by atoms with Crippen molar-refractivity contribution in [3.05, 3.63) is 113 Å². The van der Waals surface area contributed by atoms with Gasteiger partial charge in [0, 0.05) is 41.8 Å². The largest absolute Gasteiger partial charge is 0.326 e. The summed E-state index contributed by atoms with van der Waals surface area (Å²) in [6.45, 7) is 9.06. The average molecular weight is 586 g/mol. The molecule has 0 spiro atoms. The maximum absolute atomic E-state index is 13.6. The van der Waals surface area contributed by atoms with Gasteiger partial charge in [-0.15, -0.1) is 0 Å². The standard InChI is InChI=1S/C32H35N5O4S/c1-22-11-14-30(17-23(22)2)37-24(3)18-28(25(37)4)19-33-35-32(39)21-36(20-27-9-7-6-8-10-27)42(40,41)31-15-12-29(13-16-31)34-26(5)38/h6-19H,20-21H2,1-5H3,(H,34,38)(H,35,39)/b33-19+. The van der Waals surface area contributed by atoms with Crippen LogP contribution < -0.4 is 10.7 Å². The SMILES string of the molecule is CC(=O)Nc1ccc(S(=O)(=O)N(CC(=O)N/N=C/c2cc(C)n(-c3ccc(C)c(C)c3)c2C)Cc2ccccc2)cc1. The predicted molar refractivity (Wildman–Crippen MR) is 165 cm³/mol. The quantitative estimate of drug-likeness (QED) is 0.201. The van der Waals surface area contributed by atoms with Crippen molar-refractivity contribution in [1.82, 2.24) is 14.3 Å². The third-order valence-corrected chi connectivity index (χ3v) is 8.75. The molecule has 10 heteroatoms. The van der Waals surface area contributed by atoms with E-state index in [4.69, 9.17) is 0 Å². The zero-order valence-electron chi connectivity index (χ0n) is 24.4. The Balaban J connectivity index is 1.52. The highest BCUT2D eigenvalue weighted by Gasteiger charge is 2.27. The van der Waals surface area contributed by atoms with Gasteiger partial charge >= 0.3 is 0 Å². The summed E-state index contributed by atoms with van der Waals surface area (Å²) in [7, 11) is -4.06. The van der Waals surface area contributed by atoms with Crippen LogP contribution in [0.2, 0.25) is 0 Å². The van der Waals surface area contributed by atoms with E-state index in [0.717, 1.165) is 32.5 Å². The molecule has 42 heavy (non-hydrogen) atoms. The molecule has 0 bridgehead atoms. The molecule has 3 aromatic carbocycles. The van der Waals surface area contributed by atoms with Crippen molar-refractivity contribution in [3.63, 3.8) is 0 Å². The van der Waals surface area contributed by atoms with Crippen LogP contribution >= 0.6 is 0 Å². The minimum atomic E-state index is -4.06. The van der Waals surface area contributed by atoms with E-state index in [-0.39, 0.29) is 17.3 Å². The third-order valence-electron chi connectivity index (χ3n) is 6.95. The molecular weight excluding hydrogens is 550 g/mol. The lowest BCUT2D eigenvalue weighted by Crippen LogP contribution is -2.39. The van der Waals surface area contributed by atoms with E-state index in [1.54, 1.807) is 30.5 Å². The molecule has 0 aliphatic heterocycles. The lowest BCUT2D eigenvalue weighted by molar-refractivity contribution is -0.121. The first-order valence-corrected chi connectivity index (χ1v) is 14.9. The van der Waals surface area contributed by atoms with E-state index >= 15 is 0 Å². The van der Waals surface area contributed by atoms with Gasteiger partial charge < -0.3 is 9.88 Å². The maximum Gasteiger partial charge on any atom is 0.255 e. The van der Waals surface area contributed by atoms with Crippen LogP contribution in [0.4, 0.5) is 5.69 Å². The Morgan fingerprint density at radius 3 is 2.24 bits per heavy atom. The second kappa shape index (κ2) is 13.0. The average Bonchev–Trinajstić information content (AvgIpc) is 3.23. The number of anilines is 1. The van der Waals surface area contributed by atoms with Crippen LogP contribution in [-0.2, 0) is 26.2 Å². The highest BCUT2D eigenvalue weighted by Crippen LogP contribution is 2.23. The minimum Gasteiger partial charge on any atom is -0.326 e. The molecule has 218 valence electrons. The molecule has 1 aromatic heterocycles. The van der Waals surface area contributed by atoms with Crippen molar-refractivity contribution in [3.8, 4) is 5.69 Å². The van der Waals surface area contributed by atoms with E-state index in [9.17, 15) is 18.0 Å². The van der Waals surface area contributed by atoms with Crippen molar-refractivity contribution in [2.24, 2.45) is 5.10 Å². The molecule has 0 atom stereocenters. The number of aromatic nitrogens is 1. The molecule has 2 amide bonds. The maximum atomic E-state index is 13.6. The van der Waals surface area contributed by atoms with E-state index in [0.29, 0.717) is 5.69 Å². The van der Waals surface area contributed by atoms with Crippen LogP contribution in [0.3, 0.4) is 0 Å². The Hall–Kier alpha value is -4.54. The Kier molecular flexibility index (Phi) is 9.39. The van der Waals surface area contributed by atoms with E-state index < -0.39 is 22.5 Å². The molecule has 0 unspecified atom stereocenters. The molecule has 0 saturated heterocycles. The molecule has 0 saturated carbocycles. The summed E-state index contributed by atoms with van der Waals surface area (Å²) in [4.78, 5) is 24.3. The lowest BCUT2D eigenvalue weighted by Gasteiger charge is -2.21. The number of amides is 2. The van der Waals surface area contributed by atoms with E-state index in [1.165, 1.54) is 42.3 Å². The fraction of sp³-hybridized carbons (Fsp3) is 0.219. The number of benzene rings is 3. The molecule has 1 heterocycles. The molecule has 4 aromatic rings. The molecule has 0 fully saturated rings. The van der Waals surface area contributed by atoms with Gasteiger partial charge in [-0.3, -0.25) is 9.59 Å². The first-order chi connectivity index (χ1) is 20.0. The van der Waals surface area contributed by atoms with Gasteiger partial charge in [0.15, 0.2) is 0 Å². The van der Waals surface area contributed by atoms with Crippen LogP contribution in [0.15, 0.2) is 88.9 Å². The van der Waals surface area contributed by atoms with Gasteiger partial charge in [-0.2, -0.15) is 9.41 Å². The van der Waals surface area contributed by atoms with Crippen LogP contribution in [-0.4, -0.2) is 41.9 Å². The number of rotatable bonds is 10. The summed E-state index contributed by atoms with van der Waals surface area (Å²) in [6.07, 6.45) is 1.56. The number of hydrogen-bond acceptors (Lipinski definition) is 5. The summed E-state index contributed by atoms with van der Waals surface area (Å²) in [5.41, 5.74) is 9.96. The van der Waals surface area contributed by atoms with Crippen LogP contribution in [0, 0.1) is 27.7 Å². The predicted octanol–water partition coefficient (Wildman–Crippen LogP) is 5.01. The lowest BCUT2D eigenvalue weighted by atomic mass is 10.1. The number of sulfonamides is 1. The minimum absolute atomic E-state index is 0.00242. The second-order valence-electron chi connectivity index (χ2n) is 10.2. The Morgan fingerprint density at radius 2 is 1.60 bits per heavy atom. The number of hydrazone groups is 1. The van der Waals surface area contributed by atoms with Gasteiger partial charge in [0.1, 0.15) is 0 Å². The number of carbonyl (C=O) groups is 2. The number of nitrogens with one attached hydrogen (secondary N) is 2. The van der Waals surface area contributed by atoms with Crippen molar-refractivity contribution < 1.29 is 18.0 Å². The number of carbonyl (C=O) groups excluding carboxylic acids is 2. The molecule has 4 rings (SSSR count). The van der Waals surface area contributed by atoms with Crippen molar-refractivity contribution in [2.75, 3.05) is 11.9 Å². The zero-order chi connectivity index (χ0) is 30.4. The normalized spacial score (nSPS) is 11.7. The van der Waals surface area contributed by atoms with Crippen molar-refractivity contribution in [2.45, 2.75) is 46.1 Å². The van der Waals surface area contributed by atoms with Crippen molar-refractivity contribution in [1.29, 1.82) is 0 Å². The fourth-order valence-electron chi connectivity index (χ4n) is 4.63. The van der Waals surface area contributed by atoms with E-state index in [2.05, 4.69) is 52.5 Å². The summed E-state index contributed by atoms with van der Waals surface area (Å²) in [5.74, 6) is -0.843. The molecular formula is C32H35N5O4S. The Morgan fingerprint density at radius 1 is 0.905 bits per heavy atom.